The molecule has 3 atom stereocenters. The summed E-state index contributed by atoms with van der Waals surface area (Å²) < 4.78 is 14.6. The first kappa shape index (κ1) is 14.9. The van der Waals surface area contributed by atoms with Crippen LogP contribution in [0.2, 0.25) is 0 Å². The molecule has 0 aromatic heterocycles. The average Bonchev–Trinajstić information content (AvgIpc) is 3.27. The number of rotatable bonds is 3. The lowest BCUT2D eigenvalue weighted by atomic mass is 9.96. The molecule has 3 aliphatic rings. The Bertz CT molecular complexity index is 621. The van der Waals surface area contributed by atoms with Crippen molar-refractivity contribution in [2.75, 3.05) is 7.05 Å². The van der Waals surface area contributed by atoms with Gasteiger partial charge in [0.1, 0.15) is 6.17 Å². The molecule has 3 unspecified atom stereocenters. The summed E-state index contributed by atoms with van der Waals surface area (Å²) in [5, 5.41) is 4.16. The van der Waals surface area contributed by atoms with E-state index in [0.717, 1.165) is 11.1 Å². The number of benzene rings is 1. The molecule has 3 nitrogen and oxygen atoms in total. The SMILES string of the molecule is C=C(C1CCCC1)C1N=C2C(F)CC(c3ccccc3)N2N1C. The lowest BCUT2D eigenvalue weighted by Gasteiger charge is -2.34. The highest BCUT2D eigenvalue weighted by Gasteiger charge is 2.47. The molecule has 1 aliphatic carbocycles. The van der Waals surface area contributed by atoms with Gasteiger partial charge in [-0.2, -0.15) is 5.01 Å². The molecule has 2 fully saturated rings. The molecule has 4 heteroatoms. The third kappa shape index (κ3) is 2.40. The number of hydrazine groups is 1. The zero-order valence-electron chi connectivity index (χ0n) is 13.7. The molecule has 1 aromatic rings. The Balaban J connectivity index is 1.61. The zero-order valence-corrected chi connectivity index (χ0v) is 13.7. The Hall–Kier alpha value is -1.68. The van der Waals surface area contributed by atoms with Gasteiger partial charge in [-0.3, -0.25) is 5.01 Å². The van der Waals surface area contributed by atoms with Gasteiger partial charge in [-0.15, -0.1) is 0 Å². The number of halogens is 1. The minimum absolute atomic E-state index is 0.0383. The Morgan fingerprint density at radius 1 is 1.22 bits per heavy atom. The van der Waals surface area contributed by atoms with Gasteiger partial charge >= 0.3 is 0 Å². The van der Waals surface area contributed by atoms with Crippen molar-refractivity contribution in [1.82, 2.24) is 10.0 Å². The average molecular weight is 313 g/mol. The van der Waals surface area contributed by atoms with E-state index in [1.54, 1.807) is 0 Å². The van der Waals surface area contributed by atoms with E-state index in [2.05, 4.69) is 28.7 Å². The van der Waals surface area contributed by atoms with E-state index in [-0.39, 0.29) is 12.2 Å². The van der Waals surface area contributed by atoms with E-state index in [9.17, 15) is 4.39 Å². The molecular weight excluding hydrogens is 289 g/mol. The van der Waals surface area contributed by atoms with Crippen LogP contribution in [0.4, 0.5) is 4.39 Å². The van der Waals surface area contributed by atoms with Gasteiger partial charge < -0.3 is 0 Å². The Labute approximate surface area is 137 Å². The molecule has 23 heavy (non-hydrogen) atoms. The second-order valence-electron chi connectivity index (χ2n) is 6.97. The second-order valence-corrected chi connectivity index (χ2v) is 6.97. The molecule has 1 saturated heterocycles. The van der Waals surface area contributed by atoms with Crippen molar-refractivity contribution in [2.45, 2.75) is 50.5 Å². The molecule has 2 aliphatic heterocycles. The molecule has 0 spiro atoms. The maximum atomic E-state index is 14.6. The minimum Gasteiger partial charge on any atom is -0.281 e. The molecule has 1 aromatic carbocycles. The molecule has 2 heterocycles. The van der Waals surface area contributed by atoms with E-state index < -0.39 is 6.17 Å². The first-order valence-electron chi connectivity index (χ1n) is 8.64. The van der Waals surface area contributed by atoms with Gasteiger partial charge in [0.2, 0.25) is 0 Å². The third-order valence-electron chi connectivity index (χ3n) is 5.58. The summed E-state index contributed by atoms with van der Waals surface area (Å²) in [4.78, 5) is 4.73. The fourth-order valence-electron chi connectivity index (χ4n) is 4.34. The fraction of sp³-hybridized carbons (Fsp3) is 0.526. The van der Waals surface area contributed by atoms with Crippen molar-refractivity contribution in [2.24, 2.45) is 10.9 Å². The molecular formula is C19H24FN3. The third-order valence-corrected chi connectivity index (χ3v) is 5.58. The molecule has 0 amide bonds. The number of fused-ring (bicyclic) bond motifs is 1. The van der Waals surface area contributed by atoms with Crippen LogP contribution in [0.1, 0.15) is 43.7 Å². The van der Waals surface area contributed by atoms with E-state index in [1.165, 1.54) is 25.7 Å². The van der Waals surface area contributed by atoms with E-state index in [0.29, 0.717) is 18.2 Å². The fourth-order valence-corrected chi connectivity index (χ4v) is 4.34. The first-order chi connectivity index (χ1) is 11.2. The highest BCUT2D eigenvalue weighted by molar-refractivity contribution is 5.90. The molecule has 122 valence electrons. The normalized spacial score (nSPS) is 31.5. The van der Waals surface area contributed by atoms with Crippen molar-refractivity contribution in [3.05, 3.63) is 48.0 Å². The molecule has 1 saturated carbocycles. The number of alkyl halides is 1. The van der Waals surface area contributed by atoms with Crippen molar-refractivity contribution in [3.8, 4) is 0 Å². The molecule has 0 radical (unpaired) electrons. The second kappa shape index (κ2) is 5.75. The maximum absolute atomic E-state index is 14.6. The summed E-state index contributed by atoms with van der Waals surface area (Å²) in [6.45, 7) is 4.32. The quantitative estimate of drug-likeness (QED) is 0.782. The first-order valence-corrected chi connectivity index (χ1v) is 8.64. The van der Waals surface area contributed by atoms with Crippen LogP contribution in [0.25, 0.3) is 0 Å². The van der Waals surface area contributed by atoms with Crippen LogP contribution in [-0.4, -0.2) is 35.2 Å². The van der Waals surface area contributed by atoms with Crippen LogP contribution >= 0.6 is 0 Å². The zero-order chi connectivity index (χ0) is 16.0. The maximum Gasteiger partial charge on any atom is 0.161 e. The Morgan fingerprint density at radius 3 is 2.61 bits per heavy atom. The molecule has 0 bridgehead atoms. The van der Waals surface area contributed by atoms with E-state index >= 15 is 0 Å². The molecule has 4 rings (SSSR count). The van der Waals surface area contributed by atoms with Crippen LogP contribution < -0.4 is 0 Å². The highest BCUT2D eigenvalue weighted by atomic mass is 19.1. The van der Waals surface area contributed by atoms with Gasteiger partial charge in [0.25, 0.3) is 0 Å². The van der Waals surface area contributed by atoms with Crippen LogP contribution in [0.5, 0.6) is 0 Å². The van der Waals surface area contributed by atoms with Crippen LogP contribution in [-0.2, 0) is 0 Å². The number of nitrogens with zero attached hydrogens (tertiary/aromatic N) is 3. The van der Waals surface area contributed by atoms with Gasteiger partial charge in [-0.05, 0) is 29.9 Å². The van der Waals surface area contributed by atoms with Crippen molar-refractivity contribution in [3.63, 3.8) is 0 Å². The van der Waals surface area contributed by atoms with Crippen molar-refractivity contribution < 1.29 is 4.39 Å². The predicted molar refractivity (Wildman–Crippen MR) is 90.6 cm³/mol. The monoisotopic (exact) mass is 313 g/mol. The van der Waals surface area contributed by atoms with Gasteiger partial charge in [0.15, 0.2) is 12.0 Å². The number of likely N-dealkylation sites (N-methyl/N-ethyl adjacent to an activating group) is 1. The lowest BCUT2D eigenvalue weighted by Crippen LogP contribution is -2.42. The van der Waals surface area contributed by atoms with Crippen molar-refractivity contribution in [1.29, 1.82) is 0 Å². The summed E-state index contributed by atoms with van der Waals surface area (Å²) in [6.07, 6.45) is 4.36. The largest absolute Gasteiger partial charge is 0.281 e. The molecule has 0 N–H and O–H groups in total. The predicted octanol–water partition coefficient (Wildman–Crippen LogP) is 4.10. The Kier molecular flexibility index (Phi) is 3.72. The lowest BCUT2D eigenvalue weighted by molar-refractivity contribution is 0.0378. The smallest absolute Gasteiger partial charge is 0.161 e. The van der Waals surface area contributed by atoms with Gasteiger partial charge in [0.05, 0.1) is 6.04 Å². The topological polar surface area (TPSA) is 18.8 Å². The van der Waals surface area contributed by atoms with Gasteiger partial charge in [-0.1, -0.05) is 49.8 Å². The van der Waals surface area contributed by atoms with E-state index in [4.69, 9.17) is 4.99 Å². The summed E-state index contributed by atoms with van der Waals surface area (Å²) in [5.74, 6) is 1.13. The van der Waals surface area contributed by atoms with E-state index in [1.807, 2.05) is 25.2 Å². The van der Waals surface area contributed by atoms with Crippen LogP contribution in [0.15, 0.2) is 47.5 Å². The number of hydrogen-bond donors (Lipinski definition) is 0. The minimum atomic E-state index is -0.982. The van der Waals surface area contributed by atoms with Crippen LogP contribution in [0, 0.1) is 5.92 Å². The summed E-state index contributed by atoms with van der Waals surface area (Å²) in [7, 11) is 2.02. The van der Waals surface area contributed by atoms with Crippen LogP contribution in [0.3, 0.4) is 0 Å². The summed E-state index contributed by atoms with van der Waals surface area (Å²) in [6, 6.07) is 10.2. The number of hydrogen-bond acceptors (Lipinski definition) is 3. The van der Waals surface area contributed by atoms with Crippen molar-refractivity contribution >= 4 is 5.84 Å². The number of aliphatic imine (C=N–C) groups is 1. The van der Waals surface area contributed by atoms with Gasteiger partial charge in [-0.25, -0.2) is 9.38 Å². The standard InChI is InChI=1S/C19H24FN3/c1-13(14-8-6-7-9-14)18-21-19-16(20)12-17(23(19)22(18)2)15-10-4-3-5-11-15/h3-5,10-11,14,16-18H,1,6-9,12H2,2H3. The summed E-state index contributed by atoms with van der Waals surface area (Å²) >= 11 is 0. The highest BCUT2D eigenvalue weighted by Crippen LogP contribution is 2.43. The number of amidine groups is 1. The summed E-state index contributed by atoms with van der Waals surface area (Å²) in [5.41, 5.74) is 2.31. The Morgan fingerprint density at radius 2 is 1.91 bits per heavy atom. The van der Waals surface area contributed by atoms with Gasteiger partial charge in [0, 0.05) is 13.5 Å².